The fourth-order valence-electron chi connectivity index (χ4n) is 2.33. The maximum atomic E-state index is 12.5. The predicted molar refractivity (Wildman–Crippen MR) is 79.7 cm³/mol. The quantitative estimate of drug-likeness (QED) is 0.671. The Morgan fingerprint density at radius 1 is 1.05 bits per heavy atom. The number of carbonyl (C=O) groups is 1. The van der Waals surface area contributed by atoms with Crippen molar-refractivity contribution in [1.82, 2.24) is 0 Å². The third kappa shape index (κ3) is 2.42. The van der Waals surface area contributed by atoms with E-state index in [1.807, 2.05) is 36.4 Å². The largest absolute Gasteiger partial charge is 0.490 e. The fourth-order valence-corrected chi connectivity index (χ4v) is 2.33. The van der Waals surface area contributed by atoms with Crippen molar-refractivity contribution < 1.29 is 13.9 Å². The Hall–Kier alpha value is -2.55. The summed E-state index contributed by atoms with van der Waals surface area (Å²) in [6.07, 6.45) is 2.52. The van der Waals surface area contributed by atoms with Crippen molar-refractivity contribution in [1.29, 1.82) is 0 Å². The number of fused-ring (bicyclic) bond motifs is 1. The monoisotopic (exact) mass is 278 g/mol. The van der Waals surface area contributed by atoms with E-state index < -0.39 is 0 Å². The van der Waals surface area contributed by atoms with Crippen LogP contribution in [-0.2, 0) is 0 Å². The molecule has 0 N–H and O–H groups in total. The van der Waals surface area contributed by atoms with Crippen molar-refractivity contribution in [3.8, 4) is 5.75 Å². The van der Waals surface area contributed by atoms with Gasteiger partial charge in [-0.05, 0) is 37.1 Å². The lowest BCUT2D eigenvalue weighted by Gasteiger charge is -2.05. The van der Waals surface area contributed by atoms with Crippen LogP contribution < -0.4 is 4.74 Å². The molecule has 21 heavy (non-hydrogen) atoms. The van der Waals surface area contributed by atoms with E-state index in [0.717, 1.165) is 29.6 Å². The van der Waals surface area contributed by atoms with Crippen LogP contribution in [0.5, 0.6) is 5.75 Å². The minimum absolute atomic E-state index is 0.118. The first-order valence-electron chi connectivity index (χ1n) is 7.09. The Balaban J connectivity index is 1.66. The summed E-state index contributed by atoms with van der Waals surface area (Å²) >= 11 is 0. The molecule has 1 aromatic heterocycles. The number of rotatable bonds is 4. The van der Waals surface area contributed by atoms with Crippen molar-refractivity contribution in [2.45, 2.75) is 18.9 Å². The topological polar surface area (TPSA) is 39.4 Å². The van der Waals surface area contributed by atoms with Crippen LogP contribution in [0.4, 0.5) is 0 Å². The first-order chi connectivity index (χ1) is 10.3. The Morgan fingerprint density at radius 2 is 1.90 bits per heavy atom. The van der Waals surface area contributed by atoms with E-state index in [-0.39, 0.29) is 5.78 Å². The molecule has 1 heterocycles. The summed E-state index contributed by atoms with van der Waals surface area (Å²) < 4.78 is 11.4. The van der Waals surface area contributed by atoms with Gasteiger partial charge in [0.1, 0.15) is 11.3 Å². The molecule has 0 amide bonds. The lowest BCUT2D eigenvalue weighted by molar-refractivity contribution is 0.101. The average molecular weight is 278 g/mol. The van der Waals surface area contributed by atoms with Gasteiger partial charge in [-0.1, -0.05) is 30.3 Å². The fraction of sp³-hybridized carbons (Fsp3) is 0.167. The molecule has 0 unspecified atom stereocenters. The molecule has 3 heteroatoms. The second-order valence-corrected chi connectivity index (χ2v) is 5.32. The van der Waals surface area contributed by atoms with Gasteiger partial charge in [0.25, 0.3) is 0 Å². The lowest BCUT2D eigenvalue weighted by Crippen LogP contribution is -2.01. The molecule has 0 bridgehead atoms. The highest BCUT2D eigenvalue weighted by atomic mass is 16.5. The molecular weight excluding hydrogens is 264 g/mol. The molecule has 1 fully saturated rings. The van der Waals surface area contributed by atoms with Crippen molar-refractivity contribution in [3.05, 3.63) is 65.9 Å². The van der Waals surface area contributed by atoms with Crippen LogP contribution in [-0.4, -0.2) is 11.9 Å². The van der Waals surface area contributed by atoms with Gasteiger partial charge in [-0.2, -0.15) is 0 Å². The molecule has 1 aliphatic carbocycles. The van der Waals surface area contributed by atoms with Gasteiger partial charge in [-0.25, -0.2) is 0 Å². The predicted octanol–water partition coefficient (Wildman–Crippen LogP) is 4.21. The first-order valence-corrected chi connectivity index (χ1v) is 7.09. The number of furan rings is 1. The summed E-state index contributed by atoms with van der Waals surface area (Å²) in [6, 6.07) is 16.7. The number of hydrogen-bond donors (Lipinski definition) is 0. The van der Waals surface area contributed by atoms with Crippen LogP contribution in [0.15, 0.2) is 59.0 Å². The number of ether oxygens (including phenoxy) is 1. The number of benzene rings is 2. The molecule has 0 radical (unpaired) electrons. The van der Waals surface area contributed by atoms with Crippen molar-refractivity contribution in [2.75, 3.05) is 0 Å². The number of carbonyl (C=O) groups excluding carboxylic acids is 1. The lowest BCUT2D eigenvalue weighted by atomic mass is 10.1. The highest BCUT2D eigenvalue weighted by molar-refractivity contribution is 6.09. The summed E-state index contributed by atoms with van der Waals surface area (Å²) in [6.45, 7) is 0. The zero-order valence-corrected chi connectivity index (χ0v) is 11.4. The SMILES string of the molecule is O=C(c1cccc(OC2CC2)c1)c1cc2ccccc2o1. The van der Waals surface area contributed by atoms with Crippen molar-refractivity contribution >= 4 is 16.8 Å². The van der Waals surface area contributed by atoms with Gasteiger partial charge in [-0.15, -0.1) is 0 Å². The molecule has 0 aliphatic heterocycles. The van der Waals surface area contributed by atoms with Gasteiger partial charge in [0.15, 0.2) is 5.76 Å². The van der Waals surface area contributed by atoms with Gasteiger partial charge in [0.2, 0.25) is 5.78 Å². The minimum Gasteiger partial charge on any atom is -0.490 e. The maximum Gasteiger partial charge on any atom is 0.228 e. The van der Waals surface area contributed by atoms with E-state index in [2.05, 4.69) is 0 Å². The molecular formula is C18H14O3. The maximum absolute atomic E-state index is 12.5. The number of hydrogen-bond acceptors (Lipinski definition) is 3. The van der Waals surface area contributed by atoms with Crippen LogP contribution in [0.3, 0.4) is 0 Å². The molecule has 4 rings (SSSR count). The summed E-state index contributed by atoms with van der Waals surface area (Å²) in [5.41, 5.74) is 1.32. The number of para-hydroxylation sites is 1. The van der Waals surface area contributed by atoms with Crippen LogP contribution in [0.2, 0.25) is 0 Å². The number of ketones is 1. The van der Waals surface area contributed by atoms with Crippen LogP contribution >= 0.6 is 0 Å². The highest BCUT2D eigenvalue weighted by Gasteiger charge is 2.24. The van der Waals surface area contributed by atoms with Crippen LogP contribution in [0.25, 0.3) is 11.0 Å². The summed E-state index contributed by atoms with van der Waals surface area (Å²) in [4.78, 5) is 12.5. The third-order valence-electron chi connectivity index (χ3n) is 3.57. The summed E-state index contributed by atoms with van der Waals surface area (Å²) in [5, 5.41) is 0.936. The summed E-state index contributed by atoms with van der Waals surface area (Å²) in [7, 11) is 0. The van der Waals surface area contributed by atoms with E-state index in [4.69, 9.17) is 9.15 Å². The van der Waals surface area contributed by atoms with Gasteiger partial charge in [0.05, 0.1) is 6.10 Å². The molecule has 3 aromatic rings. The van der Waals surface area contributed by atoms with E-state index in [9.17, 15) is 4.79 Å². The van der Waals surface area contributed by atoms with Crippen LogP contribution in [0.1, 0.15) is 29.0 Å². The van der Waals surface area contributed by atoms with Crippen molar-refractivity contribution in [3.63, 3.8) is 0 Å². The van der Waals surface area contributed by atoms with Gasteiger partial charge < -0.3 is 9.15 Å². The van der Waals surface area contributed by atoms with Gasteiger partial charge in [0, 0.05) is 10.9 Å². The van der Waals surface area contributed by atoms with Crippen molar-refractivity contribution in [2.24, 2.45) is 0 Å². The van der Waals surface area contributed by atoms with E-state index in [1.54, 1.807) is 18.2 Å². The first kappa shape index (κ1) is 12.2. The molecule has 1 saturated carbocycles. The normalized spacial score (nSPS) is 14.3. The Bertz CT molecular complexity index is 779. The Morgan fingerprint density at radius 3 is 2.71 bits per heavy atom. The van der Waals surface area contributed by atoms with Crippen LogP contribution in [0, 0.1) is 0 Å². The zero-order valence-electron chi connectivity index (χ0n) is 11.4. The zero-order chi connectivity index (χ0) is 14.2. The molecule has 3 nitrogen and oxygen atoms in total. The molecule has 0 saturated heterocycles. The van der Waals surface area contributed by atoms with Gasteiger partial charge >= 0.3 is 0 Å². The van der Waals surface area contributed by atoms with E-state index in [0.29, 0.717) is 17.4 Å². The summed E-state index contributed by atoms with van der Waals surface area (Å²) in [5.74, 6) is 0.992. The smallest absolute Gasteiger partial charge is 0.228 e. The van der Waals surface area contributed by atoms with E-state index >= 15 is 0 Å². The molecule has 1 aliphatic rings. The second-order valence-electron chi connectivity index (χ2n) is 5.32. The molecule has 104 valence electrons. The molecule has 2 aromatic carbocycles. The highest BCUT2D eigenvalue weighted by Crippen LogP contribution is 2.28. The third-order valence-corrected chi connectivity index (χ3v) is 3.57. The average Bonchev–Trinajstić information content (AvgIpc) is 3.21. The minimum atomic E-state index is -0.118. The molecule has 0 atom stereocenters. The molecule has 0 spiro atoms. The van der Waals surface area contributed by atoms with E-state index in [1.165, 1.54) is 0 Å². The Kier molecular flexibility index (Phi) is 2.78. The Labute approximate surface area is 122 Å². The standard InChI is InChI=1S/C18H14O3/c19-18(17-11-12-4-1-2-7-16(12)21-17)13-5-3-6-15(10-13)20-14-8-9-14/h1-7,10-11,14H,8-9H2. The second kappa shape index (κ2) is 4.77. The van der Waals surface area contributed by atoms with Gasteiger partial charge in [-0.3, -0.25) is 4.79 Å².